The molecule has 0 radical (unpaired) electrons. The third kappa shape index (κ3) is 0.720. The zero-order valence-corrected chi connectivity index (χ0v) is 7.52. The summed E-state index contributed by atoms with van der Waals surface area (Å²) in [6.07, 6.45) is 0. The molecule has 2 heterocycles. The van der Waals surface area contributed by atoms with Gasteiger partial charge in [0, 0.05) is 0 Å². The lowest BCUT2D eigenvalue weighted by atomic mass is 10.3. The van der Waals surface area contributed by atoms with Crippen molar-refractivity contribution in [3.05, 3.63) is 17.6 Å². The maximum Gasteiger partial charge on any atom is 0.107 e. The maximum atomic E-state index is 4.22. The van der Waals surface area contributed by atoms with Gasteiger partial charge in [-0.3, -0.25) is 0 Å². The first kappa shape index (κ1) is 6.45. The molecule has 3 nitrogen and oxygen atoms in total. The predicted molar refractivity (Wildman–Crippen MR) is 50.6 cm³/mol. The number of hydrogen-bond acceptors (Lipinski definition) is 5. The quantitative estimate of drug-likeness (QED) is 0.550. The van der Waals surface area contributed by atoms with E-state index in [9.17, 15) is 0 Å². The number of fused-ring (bicyclic) bond motifs is 3. The number of benzene rings is 1. The van der Waals surface area contributed by atoms with Gasteiger partial charge in [0.25, 0.3) is 0 Å². The molecule has 0 amide bonds. The highest BCUT2D eigenvalue weighted by Crippen LogP contribution is 2.28. The molecule has 0 aliphatic rings. The molecular weight excluding hydrogens is 190 g/mol. The molecule has 5 heteroatoms. The molecule has 0 atom stereocenters. The van der Waals surface area contributed by atoms with Crippen LogP contribution in [0.4, 0.5) is 0 Å². The molecule has 0 aliphatic heterocycles. The van der Waals surface area contributed by atoms with Crippen LogP contribution < -0.4 is 0 Å². The molecule has 3 rings (SSSR count). The largest absolute Gasteiger partial charge is 0.245 e. The minimum atomic E-state index is 0.969. The predicted octanol–water partition coefficient (Wildman–Crippen LogP) is 2.30. The van der Waals surface area contributed by atoms with Crippen molar-refractivity contribution in [3.63, 3.8) is 0 Å². The summed E-state index contributed by atoms with van der Waals surface area (Å²) in [5.41, 5.74) is 3.86. The first-order chi connectivity index (χ1) is 5.95. The molecule has 0 fully saturated rings. The summed E-state index contributed by atoms with van der Waals surface area (Å²) in [6.45, 7) is 0. The summed E-state index contributed by atoms with van der Waals surface area (Å²) >= 11 is 3.07. The van der Waals surface area contributed by atoms with Crippen LogP contribution in [0.5, 0.6) is 0 Å². The highest BCUT2D eigenvalue weighted by Gasteiger charge is 2.04. The van der Waals surface area contributed by atoms with Gasteiger partial charge < -0.3 is 0 Å². The van der Waals surface area contributed by atoms with E-state index in [0.29, 0.717) is 0 Å². The lowest BCUT2D eigenvalue weighted by Crippen LogP contribution is -1.68. The fraction of sp³-hybridized carbons (Fsp3) is 0. The summed E-state index contributed by atoms with van der Waals surface area (Å²) in [4.78, 5) is 4.22. The van der Waals surface area contributed by atoms with Crippen LogP contribution in [0.15, 0.2) is 17.6 Å². The van der Waals surface area contributed by atoms with Gasteiger partial charge in [-0.1, -0.05) is 4.49 Å². The summed E-state index contributed by atoms with van der Waals surface area (Å²) in [7, 11) is 0. The Morgan fingerprint density at radius 3 is 3.00 bits per heavy atom. The van der Waals surface area contributed by atoms with Gasteiger partial charge in [-0.15, -0.1) is 16.4 Å². The minimum Gasteiger partial charge on any atom is -0.245 e. The Labute approximate surface area is 75.8 Å². The molecule has 2 aromatic heterocycles. The summed E-state index contributed by atoms with van der Waals surface area (Å²) in [5, 5.41) is 4.00. The van der Waals surface area contributed by atoms with Gasteiger partial charge in [0.2, 0.25) is 0 Å². The Balaban J connectivity index is 2.71. The van der Waals surface area contributed by atoms with E-state index in [1.54, 1.807) is 11.3 Å². The van der Waals surface area contributed by atoms with Gasteiger partial charge in [0.1, 0.15) is 5.52 Å². The summed E-state index contributed by atoms with van der Waals surface area (Å²) in [6, 6.07) is 3.94. The second kappa shape index (κ2) is 2.21. The van der Waals surface area contributed by atoms with Gasteiger partial charge in [0.05, 0.1) is 20.4 Å². The molecule has 0 saturated heterocycles. The average molecular weight is 193 g/mol. The van der Waals surface area contributed by atoms with Crippen molar-refractivity contribution in [1.29, 1.82) is 0 Å². The lowest BCUT2D eigenvalue weighted by Gasteiger charge is -1.85. The molecule has 1 aromatic carbocycles. The highest BCUT2D eigenvalue weighted by molar-refractivity contribution is 7.23. The number of rotatable bonds is 0. The fourth-order valence-electron chi connectivity index (χ4n) is 1.17. The van der Waals surface area contributed by atoms with Crippen molar-refractivity contribution >= 4 is 43.3 Å². The number of thiazole rings is 1. The first-order valence-corrected chi connectivity index (χ1v) is 5.05. The third-order valence-corrected chi connectivity index (χ3v) is 3.46. The molecule has 0 unspecified atom stereocenters. The van der Waals surface area contributed by atoms with Crippen LogP contribution in [0.25, 0.3) is 20.4 Å². The maximum absolute atomic E-state index is 4.22. The Bertz CT molecular complexity index is 490. The molecule has 58 valence electrons. The van der Waals surface area contributed by atoms with Gasteiger partial charge in [-0.05, 0) is 23.7 Å². The molecule has 0 bridgehead atoms. The Kier molecular flexibility index (Phi) is 1.19. The van der Waals surface area contributed by atoms with Gasteiger partial charge in [-0.2, -0.15) is 0 Å². The van der Waals surface area contributed by atoms with Gasteiger partial charge >= 0.3 is 0 Å². The van der Waals surface area contributed by atoms with E-state index in [2.05, 4.69) is 14.6 Å². The Morgan fingerprint density at radius 2 is 2.00 bits per heavy atom. The number of nitrogens with zero attached hydrogens (tertiary/aromatic N) is 3. The van der Waals surface area contributed by atoms with E-state index in [0.717, 1.165) is 15.7 Å². The second-order valence-corrected chi connectivity index (χ2v) is 4.00. The topological polar surface area (TPSA) is 38.7 Å². The van der Waals surface area contributed by atoms with E-state index in [1.807, 2.05) is 17.6 Å². The summed E-state index contributed by atoms with van der Waals surface area (Å²) in [5.74, 6) is 0. The van der Waals surface area contributed by atoms with Crippen LogP contribution in [0.1, 0.15) is 0 Å². The smallest absolute Gasteiger partial charge is 0.107 e. The second-order valence-electron chi connectivity index (χ2n) is 2.39. The molecular formula is C7H3N3S2. The van der Waals surface area contributed by atoms with Crippen molar-refractivity contribution in [1.82, 2.24) is 14.6 Å². The fourth-order valence-corrected chi connectivity index (χ4v) is 2.75. The molecule has 0 spiro atoms. The van der Waals surface area contributed by atoms with Crippen LogP contribution in [0.3, 0.4) is 0 Å². The number of aromatic nitrogens is 3. The minimum absolute atomic E-state index is 0.969. The molecule has 0 saturated carbocycles. The number of hydrogen-bond donors (Lipinski definition) is 0. The van der Waals surface area contributed by atoms with Crippen LogP contribution in [0, 0.1) is 0 Å². The van der Waals surface area contributed by atoms with Crippen molar-refractivity contribution < 1.29 is 0 Å². The van der Waals surface area contributed by atoms with Gasteiger partial charge in [-0.25, -0.2) is 4.98 Å². The Morgan fingerprint density at radius 1 is 1.08 bits per heavy atom. The monoisotopic (exact) mass is 193 g/mol. The molecule has 12 heavy (non-hydrogen) atoms. The van der Waals surface area contributed by atoms with E-state index in [4.69, 9.17) is 0 Å². The van der Waals surface area contributed by atoms with Crippen LogP contribution in [0.2, 0.25) is 0 Å². The zero-order valence-electron chi connectivity index (χ0n) is 5.89. The van der Waals surface area contributed by atoms with Crippen LogP contribution in [-0.4, -0.2) is 14.6 Å². The first-order valence-electron chi connectivity index (χ1n) is 3.39. The standard InChI is InChI=1S/C7H3N3S2/c1-2-5-7(12-10-9-5)6-4(1)8-3-11-6/h1-3H. The van der Waals surface area contributed by atoms with Crippen molar-refractivity contribution in [2.45, 2.75) is 0 Å². The summed E-state index contributed by atoms with van der Waals surface area (Å²) < 4.78 is 6.25. The lowest BCUT2D eigenvalue weighted by molar-refractivity contribution is 1.20. The molecule has 0 N–H and O–H groups in total. The zero-order chi connectivity index (χ0) is 7.97. The van der Waals surface area contributed by atoms with E-state index < -0.39 is 0 Å². The van der Waals surface area contributed by atoms with E-state index in [1.165, 1.54) is 16.2 Å². The molecule has 0 aliphatic carbocycles. The van der Waals surface area contributed by atoms with Crippen molar-refractivity contribution in [2.24, 2.45) is 0 Å². The highest BCUT2D eigenvalue weighted by atomic mass is 32.1. The van der Waals surface area contributed by atoms with Crippen molar-refractivity contribution in [3.8, 4) is 0 Å². The average Bonchev–Trinajstić information content (AvgIpc) is 2.71. The van der Waals surface area contributed by atoms with Crippen molar-refractivity contribution in [2.75, 3.05) is 0 Å². The van der Waals surface area contributed by atoms with Gasteiger partial charge in [0.15, 0.2) is 0 Å². The van der Waals surface area contributed by atoms with E-state index in [-0.39, 0.29) is 0 Å². The van der Waals surface area contributed by atoms with Crippen LogP contribution >= 0.6 is 22.9 Å². The molecule has 3 aromatic rings. The third-order valence-electron chi connectivity index (χ3n) is 1.71. The van der Waals surface area contributed by atoms with E-state index >= 15 is 0 Å². The Hall–Kier alpha value is -1.07. The normalized spacial score (nSPS) is 11.3. The van der Waals surface area contributed by atoms with Crippen LogP contribution in [-0.2, 0) is 0 Å². The SMILES string of the molecule is c1nc2ccc3nnsc3c2s1.